The fourth-order valence-electron chi connectivity index (χ4n) is 2.69. The van der Waals surface area contributed by atoms with Gasteiger partial charge in [0.15, 0.2) is 0 Å². The second-order valence-corrected chi connectivity index (χ2v) is 4.96. The summed E-state index contributed by atoms with van der Waals surface area (Å²) in [6, 6.07) is 9.20. The number of nitrogens with zero attached hydrogens (tertiary/aromatic N) is 3. The second kappa shape index (κ2) is 5.01. The molecule has 1 atom stereocenters. The molecule has 0 bridgehead atoms. The van der Waals surface area contributed by atoms with Gasteiger partial charge >= 0.3 is 5.97 Å². The molecule has 0 aliphatic carbocycles. The topological polar surface area (TPSA) is 68.0 Å². The lowest BCUT2D eigenvalue weighted by molar-refractivity contribution is 0.0699. The predicted octanol–water partition coefficient (Wildman–Crippen LogP) is 3.05. The number of pyridine rings is 1. The molecule has 21 heavy (non-hydrogen) atoms. The Hall–Kier alpha value is -2.69. The first-order valence-electron chi connectivity index (χ1n) is 6.70. The summed E-state index contributed by atoms with van der Waals surface area (Å²) in [4.78, 5) is 19.8. The maximum Gasteiger partial charge on any atom is 0.337 e. The average molecular weight is 281 g/mol. The molecule has 0 spiro atoms. The maximum atomic E-state index is 11.3. The highest BCUT2D eigenvalue weighted by atomic mass is 16.4. The van der Waals surface area contributed by atoms with E-state index in [0.717, 1.165) is 16.9 Å². The third-order valence-electron chi connectivity index (χ3n) is 3.70. The van der Waals surface area contributed by atoms with Crippen LogP contribution in [0.1, 0.15) is 34.7 Å². The molecule has 3 rings (SSSR count). The fourth-order valence-corrected chi connectivity index (χ4v) is 2.69. The third-order valence-corrected chi connectivity index (χ3v) is 3.70. The smallest absolute Gasteiger partial charge is 0.337 e. The first kappa shape index (κ1) is 13.3. The Morgan fingerprint density at radius 2 is 1.95 bits per heavy atom. The molecule has 2 heterocycles. The Balaban J connectivity index is 2.22. The van der Waals surface area contributed by atoms with Gasteiger partial charge in [0, 0.05) is 12.4 Å². The molecule has 5 heteroatoms. The molecule has 0 aliphatic rings. The Bertz CT molecular complexity index is 809. The fraction of sp³-hybridized carbons (Fsp3) is 0.188. The first-order valence-corrected chi connectivity index (χ1v) is 6.70. The molecule has 1 N–H and O–H groups in total. The van der Waals surface area contributed by atoms with Gasteiger partial charge in [-0.2, -0.15) is 0 Å². The van der Waals surface area contributed by atoms with Crippen molar-refractivity contribution in [2.24, 2.45) is 0 Å². The van der Waals surface area contributed by atoms with E-state index in [1.165, 1.54) is 0 Å². The molecular weight excluding hydrogens is 266 g/mol. The molecule has 1 unspecified atom stereocenters. The number of aromatic carboxylic acids is 1. The predicted molar refractivity (Wildman–Crippen MR) is 79.5 cm³/mol. The largest absolute Gasteiger partial charge is 0.478 e. The van der Waals surface area contributed by atoms with Gasteiger partial charge in [0.25, 0.3) is 0 Å². The van der Waals surface area contributed by atoms with E-state index in [2.05, 4.69) is 21.5 Å². The van der Waals surface area contributed by atoms with Crippen LogP contribution in [0.5, 0.6) is 0 Å². The van der Waals surface area contributed by atoms with E-state index in [-0.39, 0.29) is 11.6 Å². The second-order valence-electron chi connectivity index (χ2n) is 4.96. The Morgan fingerprint density at radius 1 is 1.24 bits per heavy atom. The van der Waals surface area contributed by atoms with E-state index in [4.69, 9.17) is 0 Å². The van der Waals surface area contributed by atoms with Crippen molar-refractivity contribution in [3.05, 3.63) is 59.7 Å². The van der Waals surface area contributed by atoms with Crippen LogP contribution in [0.25, 0.3) is 11.0 Å². The van der Waals surface area contributed by atoms with Gasteiger partial charge in [0.1, 0.15) is 11.3 Å². The summed E-state index contributed by atoms with van der Waals surface area (Å²) in [7, 11) is 0. The van der Waals surface area contributed by atoms with Crippen LogP contribution < -0.4 is 0 Å². The molecule has 0 radical (unpaired) electrons. The van der Waals surface area contributed by atoms with Gasteiger partial charge in [-0.1, -0.05) is 6.07 Å². The van der Waals surface area contributed by atoms with E-state index in [1.54, 1.807) is 24.5 Å². The zero-order valence-electron chi connectivity index (χ0n) is 11.8. The molecule has 5 nitrogen and oxygen atoms in total. The molecular formula is C16H15N3O2. The van der Waals surface area contributed by atoms with E-state index in [0.29, 0.717) is 5.52 Å². The number of imidazole rings is 1. The minimum atomic E-state index is -0.957. The molecule has 106 valence electrons. The van der Waals surface area contributed by atoms with Crippen molar-refractivity contribution in [1.29, 1.82) is 0 Å². The molecule has 0 saturated carbocycles. The molecule has 1 aromatic carbocycles. The van der Waals surface area contributed by atoms with Gasteiger partial charge in [0.05, 0.1) is 17.1 Å². The van der Waals surface area contributed by atoms with Crippen LogP contribution in [0.4, 0.5) is 0 Å². The van der Waals surface area contributed by atoms with Crippen molar-refractivity contribution < 1.29 is 9.90 Å². The Labute approximate surface area is 121 Å². The monoisotopic (exact) mass is 281 g/mol. The number of aromatic nitrogens is 3. The van der Waals surface area contributed by atoms with Crippen LogP contribution in [0.3, 0.4) is 0 Å². The minimum Gasteiger partial charge on any atom is -0.478 e. The maximum absolute atomic E-state index is 11.3. The lowest BCUT2D eigenvalue weighted by atomic mass is 10.1. The van der Waals surface area contributed by atoms with E-state index < -0.39 is 5.97 Å². The van der Waals surface area contributed by atoms with Gasteiger partial charge in [-0.15, -0.1) is 0 Å². The number of benzene rings is 1. The molecule has 0 amide bonds. The van der Waals surface area contributed by atoms with Gasteiger partial charge in [-0.3, -0.25) is 4.98 Å². The van der Waals surface area contributed by atoms with Crippen molar-refractivity contribution >= 4 is 17.0 Å². The summed E-state index contributed by atoms with van der Waals surface area (Å²) < 4.78 is 2.05. The van der Waals surface area contributed by atoms with Crippen molar-refractivity contribution in [2.75, 3.05) is 0 Å². The highest BCUT2D eigenvalue weighted by molar-refractivity contribution is 6.01. The Morgan fingerprint density at radius 3 is 2.62 bits per heavy atom. The highest BCUT2D eigenvalue weighted by Crippen LogP contribution is 2.27. The van der Waals surface area contributed by atoms with E-state index >= 15 is 0 Å². The lowest BCUT2D eigenvalue weighted by Crippen LogP contribution is -2.08. The van der Waals surface area contributed by atoms with Gasteiger partial charge in [-0.05, 0) is 43.7 Å². The zero-order chi connectivity index (χ0) is 15.0. The number of carboxylic acids is 1. The van der Waals surface area contributed by atoms with Gasteiger partial charge < -0.3 is 9.67 Å². The summed E-state index contributed by atoms with van der Waals surface area (Å²) in [6.45, 7) is 3.96. The van der Waals surface area contributed by atoms with Crippen molar-refractivity contribution in [1.82, 2.24) is 14.5 Å². The number of aryl methyl sites for hydroxylation is 1. The lowest BCUT2D eigenvalue weighted by Gasteiger charge is -2.16. The first-order chi connectivity index (χ1) is 10.1. The number of fused-ring (bicyclic) bond motifs is 1. The van der Waals surface area contributed by atoms with E-state index in [9.17, 15) is 9.90 Å². The molecule has 2 aromatic heterocycles. The number of hydrogen-bond donors (Lipinski definition) is 1. The molecule has 0 aliphatic heterocycles. The molecule has 0 fully saturated rings. The van der Waals surface area contributed by atoms with Gasteiger partial charge in [0.2, 0.25) is 0 Å². The molecule has 3 aromatic rings. The van der Waals surface area contributed by atoms with Crippen LogP contribution in [-0.4, -0.2) is 25.6 Å². The zero-order valence-corrected chi connectivity index (χ0v) is 11.8. The summed E-state index contributed by atoms with van der Waals surface area (Å²) in [5, 5.41) is 9.28. The normalized spacial score (nSPS) is 12.5. The summed E-state index contributed by atoms with van der Waals surface area (Å²) in [6.07, 6.45) is 3.51. The van der Waals surface area contributed by atoms with Crippen molar-refractivity contribution in [3.8, 4) is 0 Å². The third kappa shape index (κ3) is 2.16. The summed E-state index contributed by atoms with van der Waals surface area (Å²) in [5.74, 6) is -0.162. The number of carbonyl (C=O) groups is 1. The van der Waals surface area contributed by atoms with Crippen LogP contribution in [0, 0.1) is 6.92 Å². The van der Waals surface area contributed by atoms with E-state index in [1.807, 2.05) is 25.1 Å². The van der Waals surface area contributed by atoms with Crippen LogP contribution in [0.2, 0.25) is 0 Å². The number of para-hydroxylation sites is 1. The van der Waals surface area contributed by atoms with Crippen molar-refractivity contribution in [2.45, 2.75) is 19.9 Å². The number of rotatable bonds is 3. The number of hydrogen-bond acceptors (Lipinski definition) is 3. The van der Waals surface area contributed by atoms with Crippen LogP contribution >= 0.6 is 0 Å². The standard InChI is InChI=1S/C16H15N3O2/c1-10(12-6-8-17-9-7-12)19-11(2)18-15-13(16(20)21)4-3-5-14(15)19/h3-10H,1-2H3,(H,20,21). The SMILES string of the molecule is Cc1nc2c(C(=O)O)cccc2n1C(C)c1ccncc1. The molecule has 0 saturated heterocycles. The number of carboxylic acid groups (broad SMARTS) is 1. The van der Waals surface area contributed by atoms with Crippen LogP contribution in [-0.2, 0) is 0 Å². The summed E-state index contributed by atoms with van der Waals surface area (Å²) in [5.41, 5.74) is 2.70. The van der Waals surface area contributed by atoms with Crippen molar-refractivity contribution in [3.63, 3.8) is 0 Å². The quantitative estimate of drug-likeness (QED) is 0.801. The summed E-state index contributed by atoms with van der Waals surface area (Å²) >= 11 is 0. The highest BCUT2D eigenvalue weighted by Gasteiger charge is 2.18. The Kier molecular flexibility index (Phi) is 3.17. The van der Waals surface area contributed by atoms with Gasteiger partial charge in [-0.25, -0.2) is 9.78 Å². The average Bonchev–Trinajstić information content (AvgIpc) is 2.82. The minimum absolute atomic E-state index is 0.0574. The van der Waals surface area contributed by atoms with Crippen LogP contribution in [0.15, 0.2) is 42.7 Å².